The molecule has 0 saturated heterocycles. The third-order valence-electron chi connectivity index (χ3n) is 4.46. The SMILES string of the molecule is O=[N+]([O-])c1cc(C(F)(F)F)ccc1NN=C1c2ccccc2-c2ccccc21. The summed E-state index contributed by atoms with van der Waals surface area (Å²) in [6, 6.07) is 17.4. The van der Waals surface area contributed by atoms with E-state index in [0.717, 1.165) is 34.4 Å². The van der Waals surface area contributed by atoms with Crippen LogP contribution in [0.25, 0.3) is 11.1 Å². The Hall–Kier alpha value is -3.68. The number of halogens is 3. The van der Waals surface area contributed by atoms with Gasteiger partial charge in [0.25, 0.3) is 5.69 Å². The lowest BCUT2D eigenvalue weighted by Gasteiger charge is -2.09. The predicted octanol–water partition coefficient (Wildman–Crippen LogP) is 5.46. The van der Waals surface area contributed by atoms with E-state index in [4.69, 9.17) is 0 Å². The first-order valence-corrected chi connectivity index (χ1v) is 8.25. The highest BCUT2D eigenvalue weighted by Crippen LogP contribution is 2.38. The molecule has 8 heteroatoms. The lowest BCUT2D eigenvalue weighted by molar-refractivity contribution is -0.384. The van der Waals surface area contributed by atoms with Crippen LogP contribution in [0.5, 0.6) is 0 Å². The van der Waals surface area contributed by atoms with Gasteiger partial charge in [-0.2, -0.15) is 18.3 Å². The lowest BCUT2D eigenvalue weighted by Crippen LogP contribution is -2.08. The molecule has 0 saturated carbocycles. The molecule has 0 heterocycles. The molecule has 0 radical (unpaired) electrons. The smallest absolute Gasteiger partial charge is 0.271 e. The van der Waals surface area contributed by atoms with Gasteiger partial charge in [0, 0.05) is 17.2 Å². The Morgan fingerprint density at radius 1 is 0.857 bits per heavy atom. The molecule has 0 amide bonds. The van der Waals surface area contributed by atoms with Crippen LogP contribution >= 0.6 is 0 Å². The molecule has 5 nitrogen and oxygen atoms in total. The maximum Gasteiger partial charge on any atom is 0.416 e. The van der Waals surface area contributed by atoms with Gasteiger partial charge >= 0.3 is 6.18 Å². The number of fused-ring (bicyclic) bond motifs is 3. The summed E-state index contributed by atoms with van der Waals surface area (Å²) < 4.78 is 38.6. The number of rotatable bonds is 3. The van der Waals surface area contributed by atoms with E-state index in [0.29, 0.717) is 11.8 Å². The zero-order valence-corrected chi connectivity index (χ0v) is 14.2. The second kappa shape index (κ2) is 6.49. The van der Waals surface area contributed by atoms with E-state index < -0.39 is 22.4 Å². The molecule has 3 aromatic carbocycles. The van der Waals surface area contributed by atoms with Gasteiger partial charge in [0.15, 0.2) is 0 Å². The number of nitro groups is 1. The third kappa shape index (κ3) is 2.98. The van der Waals surface area contributed by atoms with Crippen molar-refractivity contribution in [1.29, 1.82) is 0 Å². The molecule has 0 atom stereocenters. The summed E-state index contributed by atoms with van der Waals surface area (Å²) in [5, 5.41) is 15.5. The highest BCUT2D eigenvalue weighted by Gasteiger charge is 2.33. The van der Waals surface area contributed by atoms with E-state index in [1.54, 1.807) is 0 Å². The van der Waals surface area contributed by atoms with Crippen LogP contribution in [0.4, 0.5) is 24.5 Å². The minimum Gasteiger partial charge on any atom is -0.271 e. The molecule has 4 rings (SSSR count). The number of hydrazone groups is 1. The number of nitro benzene ring substituents is 1. The lowest BCUT2D eigenvalue weighted by atomic mass is 10.1. The third-order valence-corrected chi connectivity index (χ3v) is 4.46. The van der Waals surface area contributed by atoms with Gasteiger partial charge in [0.2, 0.25) is 0 Å². The van der Waals surface area contributed by atoms with Crippen LogP contribution in [0.2, 0.25) is 0 Å². The molecule has 140 valence electrons. The molecular weight excluding hydrogens is 371 g/mol. The Morgan fingerprint density at radius 3 is 1.89 bits per heavy atom. The quantitative estimate of drug-likeness (QED) is 0.377. The standard InChI is InChI=1S/C20H12F3N3O2/c21-20(22,23)12-9-10-17(18(11-12)26(27)28)24-25-19-15-7-3-1-5-13(15)14-6-2-4-8-16(14)19/h1-11,24H. The summed E-state index contributed by atoms with van der Waals surface area (Å²) in [5.74, 6) is 0. The molecule has 0 fully saturated rings. The monoisotopic (exact) mass is 383 g/mol. The van der Waals surface area contributed by atoms with E-state index in [1.807, 2.05) is 48.5 Å². The molecular formula is C20H12F3N3O2. The number of nitrogens with zero attached hydrogens (tertiary/aromatic N) is 2. The molecule has 1 aliphatic rings. The van der Waals surface area contributed by atoms with Gasteiger partial charge in [-0.05, 0) is 23.3 Å². The van der Waals surface area contributed by atoms with Crippen LogP contribution < -0.4 is 5.43 Å². The molecule has 0 bridgehead atoms. The largest absolute Gasteiger partial charge is 0.416 e. The van der Waals surface area contributed by atoms with Crippen molar-refractivity contribution in [1.82, 2.24) is 0 Å². The Labute approximate surface area is 157 Å². The molecule has 28 heavy (non-hydrogen) atoms. The second-order valence-corrected chi connectivity index (χ2v) is 6.15. The number of alkyl halides is 3. The molecule has 0 unspecified atom stereocenters. The summed E-state index contributed by atoms with van der Waals surface area (Å²) in [5.41, 5.74) is 4.87. The van der Waals surface area contributed by atoms with Crippen molar-refractivity contribution in [3.8, 4) is 11.1 Å². The molecule has 3 aromatic rings. The summed E-state index contributed by atoms with van der Waals surface area (Å²) in [6.07, 6.45) is -4.67. The van der Waals surface area contributed by atoms with Gasteiger partial charge in [0.1, 0.15) is 5.69 Å². The van der Waals surface area contributed by atoms with Crippen LogP contribution in [-0.2, 0) is 6.18 Å². The van der Waals surface area contributed by atoms with E-state index in [9.17, 15) is 23.3 Å². The van der Waals surface area contributed by atoms with Gasteiger partial charge in [0.05, 0.1) is 16.2 Å². The zero-order chi connectivity index (χ0) is 19.9. The van der Waals surface area contributed by atoms with Crippen LogP contribution in [0, 0.1) is 10.1 Å². The van der Waals surface area contributed by atoms with Crippen LogP contribution in [0.1, 0.15) is 16.7 Å². The fraction of sp³-hybridized carbons (Fsp3) is 0.0500. The Morgan fingerprint density at radius 2 is 1.39 bits per heavy atom. The van der Waals surface area contributed by atoms with Crippen molar-refractivity contribution >= 4 is 17.1 Å². The highest BCUT2D eigenvalue weighted by molar-refractivity contribution is 6.24. The first-order valence-electron chi connectivity index (χ1n) is 8.25. The van der Waals surface area contributed by atoms with Gasteiger partial charge in [-0.15, -0.1) is 0 Å². The predicted molar refractivity (Wildman–Crippen MR) is 99.2 cm³/mol. The normalized spacial score (nSPS) is 12.3. The van der Waals surface area contributed by atoms with Gasteiger partial charge < -0.3 is 0 Å². The Balaban J connectivity index is 1.77. The van der Waals surface area contributed by atoms with Gasteiger partial charge in [-0.25, -0.2) is 0 Å². The maximum atomic E-state index is 12.9. The molecule has 1 aliphatic carbocycles. The first-order chi connectivity index (χ1) is 13.4. The van der Waals surface area contributed by atoms with E-state index in [-0.39, 0.29) is 5.69 Å². The number of hydrogen-bond acceptors (Lipinski definition) is 4. The van der Waals surface area contributed by atoms with E-state index >= 15 is 0 Å². The minimum absolute atomic E-state index is 0.118. The fourth-order valence-electron chi connectivity index (χ4n) is 3.18. The molecule has 1 N–H and O–H groups in total. The van der Waals surface area contributed by atoms with E-state index in [2.05, 4.69) is 10.5 Å². The van der Waals surface area contributed by atoms with Crippen molar-refractivity contribution in [2.75, 3.05) is 5.43 Å². The van der Waals surface area contributed by atoms with E-state index in [1.165, 1.54) is 0 Å². The summed E-state index contributed by atoms with van der Waals surface area (Å²) in [4.78, 5) is 10.4. The van der Waals surface area contributed by atoms with Crippen molar-refractivity contribution in [2.24, 2.45) is 5.10 Å². The minimum atomic E-state index is -4.67. The summed E-state index contributed by atoms with van der Waals surface area (Å²) in [6.45, 7) is 0. The van der Waals surface area contributed by atoms with Crippen molar-refractivity contribution in [3.63, 3.8) is 0 Å². The molecule has 0 aliphatic heterocycles. The first kappa shape index (κ1) is 17.7. The average Bonchev–Trinajstić information content (AvgIpc) is 2.99. The topological polar surface area (TPSA) is 67.5 Å². The van der Waals surface area contributed by atoms with Crippen molar-refractivity contribution in [2.45, 2.75) is 6.18 Å². The maximum absolute atomic E-state index is 12.9. The van der Waals surface area contributed by atoms with Crippen LogP contribution in [0.15, 0.2) is 71.8 Å². The van der Waals surface area contributed by atoms with Gasteiger partial charge in [-0.1, -0.05) is 48.5 Å². The Bertz CT molecular complexity index is 1080. The van der Waals surface area contributed by atoms with Crippen molar-refractivity contribution < 1.29 is 18.1 Å². The molecule has 0 aromatic heterocycles. The zero-order valence-electron chi connectivity index (χ0n) is 14.2. The number of anilines is 1. The summed E-state index contributed by atoms with van der Waals surface area (Å²) >= 11 is 0. The summed E-state index contributed by atoms with van der Waals surface area (Å²) in [7, 11) is 0. The fourth-order valence-corrected chi connectivity index (χ4v) is 3.18. The second-order valence-electron chi connectivity index (χ2n) is 6.15. The van der Waals surface area contributed by atoms with Crippen molar-refractivity contribution in [3.05, 3.63) is 93.5 Å². The Kier molecular flexibility index (Phi) is 4.11. The van der Waals surface area contributed by atoms with Gasteiger partial charge in [-0.3, -0.25) is 15.5 Å². The number of nitrogens with one attached hydrogen (secondary N) is 1. The average molecular weight is 383 g/mol. The number of hydrogen-bond donors (Lipinski definition) is 1. The van der Waals surface area contributed by atoms with Crippen LogP contribution in [0.3, 0.4) is 0 Å². The van der Waals surface area contributed by atoms with Crippen LogP contribution in [-0.4, -0.2) is 10.6 Å². The highest BCUT2D eigenvalue weighted by atomic mass is 19.4. The molecule has 0 spiro atoms. The number of benzene rings is 3.